The monoisotopic (exact) mass is 424 g/mol. The fourth-order valence-electron chi connectivity index (χ4n) is 3.58. The molecule has 3 rings (SSSR count). The second-order valence-electron chi connectivity index (χ2n) is 7.53. The van der Waals surface area contributed by atoms with Crippen molar-refractivity contribution in [3.8, 4) is 0 Å². The SMILES string of the molecule is Cc1ccc(S(=O)(=O)N2CCOCC2)cc1C(=O)O[C@@H](C)C(=O)NC1CCCC1. The molecule has 8 nitrogen and oxygen atoms in total. The molecule has 29 heavy (non-hydrogen) atoms. The Morgan fingerprint density at radius 2 is 1.86 bits per heavy atom. The quantitative estimate of drug-likeness (QED) is 0.697. The third-order valence-electron chi connectivity index (χ3n) is 5.39. The van der Waals surface area contributed by atoms with Crippen LogP contribution in [0.5, 0.6) is 0 Å². The van der Waals surface area contributed by atoms with E-state index in [0.29, 0.717) is 18.8 Å². The van der Waals surface area contributed by atoms with Crippen LogP contribution in [0, 0.1) is 6.92 Å². The maximum absolute atomic E-state index is 12.9. The van der Waals surface area contributed by atoms with E-state index in [4.69, 9.17) is 9.47 Å². The van der Waals surface area contributed by atoms with Crippen molar-refractivity contribution in [3.63, 3.8) is 0 Å². The largest absolute Gasteiger partial charge is 0.449 e. The van der Waals surface area contributed by atoms with E-state index < -0.39 is 22.1 Å². The summed E-state index contributed by atoms with van der Waals surface area (Å²) in [7, 11) is -3.73. The molecule has 9 heteroatoms. The van der Waals surface area contributed by atoms with Gasteiger partial charge in [0.05, 0.1) is 23.7 Å². The van der Waals surface area contributed by atoms with Crippen LogP contribution in [-0.4, -0.2) is 63.0 Å². The number of carbonyl (C=O) groups excluding carboxylic acids is 2. The van der Waals surface area contributed by atoms with Gasteiger partial charge in [0.25, 0.3) is 5.91 Å². The van der Waals surface area contributed by atoms with Crippen molar-refractivity contribution < 1.29 is 27.5 Å². The first kappa shape index (κ1) is 21.7. The smallest absolute Gasteiger partial charge is 0.339 e. The van der Waals surface area contributed by atoms with Gasteiger partial charge in [-0.3, -0.25) is 4.79 Å². The zero-order valence-electron chi connectivity index (χ0n) is 16.8. The Hall–Kier alpha value is -1.97. The minimum atomic E-state index is -3.73. The van der Waals surface area contributed by atoms with Crippen molar-refractivity contribution >= 4 is 21.9 Å². The number of hydrogen-bond acceptors (Lipinski definition) is 6. The van der Waals surface area contributed by atoms with Crippen LogP contribution in [-0.2, 0) is 24.3 Å². The summed E-state index contributed by atoms with van der Waals surface area (Å²) < 4.78 is 37.6. The number of amides is 1. The van der Waals surface area contributed by atoms with E-state index in [-0.39, 0.29) is 35.5 Å². The fourth-order valence-corrected chi connectivity index (χ4v) is 5.02. The Morgan fingerprint density at radius 3 is 2.52 bits per heavy atom. The van der Waals surface area contributed by atoms with Crippen LogP contribution in [0.25, 0.3) is 0 Å². The van der Waals surface area contributed by atoms with E-state index in [9.17, 15) is 18.0 Å². The molecular weight excluding hydrogens is 396 g/mol. The lowest BCUT2D eigenvalue weighted by atomic mass is 10.1. The van der Waals surface area contributed by atoms with Gasteiger partial charge in [-0.1, -0.05) is 18.9 Å². The maximum Gasteiger partial charge on any atom is 0.339 e. The van der Waals surface area contributed by atoms with Gasteiger partial charge in [-0.15, -0.1) is 0 Å². The van der Waals surface area contributed by atoms with Gasteiger partial charge < -0.3 is 14.8 Å². The molecule has 0 spiro atoms. The summed E-state index contributed by atoms with van der Waals surface area (Å²) in [5.74, 6) is -1.05. The van der Waals surface area contributed by atoms with Gasteiger partial charge in [-0.05, 0) is 44.4 Å². The van der Waals surface area contributed by atoms with Crippen LogP contribution in [0.4, 0.5) is 0 Å². The number of esters is 1. The van der Waals surface area contributed by atoms with E-state index in [0.717, 1.165) is 25.7 Å². The summed E-state index contributed by atoms with van der Waals surface area (Å²) in [6, 6.07) is 4.51. The predicted molar refractivity (Wildman–Crippen MR) is 106 cm³/mol. The highest BCUT2D eigenvalue weighted by atomic mass is 32.2. The number of carbonyl (C=O) groups is 2. The molecule has 1 heterocycles. The standard InChI is InChI=1S/C20H28N2O6S/c1-14-7-8-17(29(25,26)22-9-11-27-12-10-22)13-18(14)20(24)28-15(2)19(23)21-16-5-3-4-6-16/h7-8,13,15-16H,3-6,9-12H2,1-2H3,(H,21,23)/t15-/m0/s1. The number of aryl methyl sites for hydroxylation is 1. The molecule has 160 valence electrons. The molecule has 2 fully saturated rings. The highest BCUT2D eigenvalue weighted by Gasteiger charge is 2.29. The van der Waals surface area contributed by atoms with Crippen molar-refractivity contribution in [2.75, 3.05) is 26.3 Å². The summed E-state index contributed by atoms with van der Waals surface area (Å²) in [6.45, 7) is 4.45. The van der Waals surface area contributed by atoms with E-state index in [1.807, 2.05) is 0 Å². The number of ether oxygens (including phenoxy) is 2. The number of nitrogens with one attached hydrogen (secondary N) is 1. The fraction of sp³-hybridized carbons (Fsp3) is 0.600. The number of sulfonamides is 1. The highest BCUT2D eigenvalue weighted by molar-refractivity contribution is 7.89. The molecule has 1 aromatic carbocycles. The Morgan fingerprint density at radius 1 is 1.21 bits per heavy atom. The summed E-state index contributed by atoms with van der Waals surface area (Å²) >= 11 is 0. The number of nitrogens with zero attached hydrogens (tertiary/aromatic N) is 1. The summed E-state index contributed by atoms with van der Waals surface area (Å²) in [6.07, 6.45) is 3.09. The van der Waals surface area contributed by atoms with Crippen molar-refractivity contribution in [1.29, 1.82) is 0 Å². The highest BCUT2D eigenvalue weighted by Crippen LogP contribution is 2.22. The molecule has 1 aliphatic heterocycles. The number of morpholine rings is 1. The van der Waals surface area contributed by atoms with Crippen molar-refractivity contribution in [2.45, 2.75) is 56.6 Å². The van der Waals surface area contributed by atoms with E-state index in [1.54, 1.807) is 13.0 Å². The van der Waals surface area contributed by atoms with Gasteiger partial charge in [0.15, 0.2) is 6.10 Å². The molecule has 0 radical (unpaired) electrons. The second kappa shape index (κ2) is 9.23. The lowest BCUT2D eigenvalue weighted by molar-refractivity contribution is -0.129. The predicted octanol–water partition coefficient (Wildman–Crippen LogP) is 1.62. The number of rotatable bonds is 6. The average Bonchev–Trinajstić information content (AvgIpc) is 3.21. The van der Waals surface area contributed by atoms with Gasteiger partial charge in [0.1, 0.15) is 0 Å². The molecular formula is C20H28N2O6S. The van der Waals surface area contributed by atoms with Gasteiger partial charge in [0, 0.05) is 19.1 Å². The van der Waals surface area contributed by atoms with Crippen LogP contribution in [0.3, 0.4) is 0 Å². The van der Waals surface area contributed by atoms with Crippen LogP contribution in [0.2, 0.25) is 0 Å². The summed E-state index contributed by atoms with van der Waals surface area (Å²) in [5, 5.41) is 2.90. The topological polar surface area (TPSA) is 102 Å². The van der Waals surface area contributed by atoms with Gasteiger partial charge in [-0.25, -0.2) is 13.2 Å². The summed E-state index contributed by atoms with van der Waals surface area (Å²) in [4.78, 5) is 25.0. The Kier molecular flexibility index (Phi) is 6.92. The lowest BCUT2D eigenvalue weighted by Gasteiger charge is -2.26. The molecule has 1 aliphatic carbocycles. The third kappa shape index (κ3) is 5.15. The van der Waals surface area contributed by atoms with Crippen LogP contribution in [0.1, 0.15) is 48.5 Å². The van der Waals surface area contributed by atoms with E-state index in [1.165, 1.54) is 23.4 Å². The molecule has 0 bridgehead atoms. The normalized spacial score (nSPS) is 19.7. The van der Waals surface area contributed by atoms with Gasteiger partial charge in [0.2, 0.25) is 10.0 Å². The van der Waals surface area contributed by atoms with E-state index >= 15 is 0 Å². The van der Waals surface area contributed by atoms with Gasteiger partial charge in [-0.2, -0.15) is 4.31 Å². The van der Waals surface area contributed by atoms with Crippen molar-refractivity contribution in [3.05, 3.63) is 29.3 Å². The molecule has 2 aliphatic rings. The van der Waals surface area contributed by atoms with Crippen LogP contribution < -0.4 is 5.32 Å². The first-order valence-electron chi connectivity index (χ1n) is 9.99. The molecule has 1 N–H and O–H groups in total. The first-order valence-corrected chi connectivity index (χ1v) is 11.4. The number of benzene rings is 1. The molecule has 1 atom stereocenters. The van der Waals surface area contributed by atoms with Crippen LogP contribution in [0.15, 0.2) is 23.1 Å². The molecule has 0 unspecified atom stereocenters. The molecule has 1 saturated carbocycles. The molecule has 0 aromatic heterocycles. The number of hydrogen-bond donors (Lipinski definition) is 1. The minimum Gasteiger partial charge on any atom is -0.449 e. The third-order valence-corrected chi connectivity index (χ3v) is 7.29. The van der Waals surface area contributed by atoms with Crippen molar-refractivity contribution in [2.24, 2.45) is 0 Å². The van der Waals surface area contributed by atoms with E-state index in [2.05, 4.69) is 5.32 Å². The summed E-state index contributed by atoms with van der Waals surface area (Å²) in [5.41, 5.74) is 0.721. The van der Waals surface area contributed by atoms with Crippen LogP contribution >= 0.6 is 0 Å². The second-order valence-corrected chi connectivity index (χ2v) is 9.47. The minimum absolute atomic E-state index is 0.0278. The zero-order valence-corrected chi connectivity index (χ0v) is 17.7. The molecule has 1 amide bonds. The molecule has 1 saturated heterocycles. The Bertz CT molecular complexity index is 858. The Balaban J connectivity index is 1.71. The lowest BCUT2D eigenvalue weighted by Crippen LogP contribution is -2.41. The molecule has 1 aromatic rings. The maximum atomic E-state index is 12.9. The average molecular weight is 425 g/mol. The Labute approximate surface area is 171 Å². The zero-order chi connectivity index (χ0) is 21.0. The van der Waals surface area contributed by atoms with Crippen molar-refractivity contribution in [1.82, 2.24) is 9.62 Å². The first-order chi connectivity index (χ1) is 13.8. The van der Waals surface area contributed by atoms with Gasteiger partial charge >= 0.3 is 5.97 Å².